The van der Waals surface area contributed by atoms with E-state index in [1.165, 1.54) is 48.5 Å². The molecule has 1 aromatic rings. The molecule has 4 nitrogen and oxygen atoms in total. The Morgan fingerprint density at radius 2 is 1.79 bits per heavy atom. The Bertz CT molecular complexity index is 506. The Labute approximate surface area is 151 Å². The molecular formula is C19H33N3OS. The molecule has 1 unspecified atom stereocenters. The Hall–Kier alpha value is -1.04. The summed E-state index contributed by atoms with van der Waals surface area (Å²) in [7, 11) is 0. The minimum Gasteiger partial charge on any atom is -0.388 e. The molecule has 2 rings (SSSR count). The third kappa shape index (κ3) is 5.80. The lowest BCUT2D eigenvalue weighted by molar-refractivity contribution is -0.120. The molecule has 24 heavy (non-hydrogen) atoms. The van der Waals surface area contributed by atoms with Gasteiger partial charge in [-0.3, -0.25) is 0 Å². The fourth-order valence-corrected chi connectivity index (χ4v) is 3.98. The van der Waals surface area contributed by atoms with Gasteiger partial charge in [-0.05, 0) is 58.0 Å². The van der Waals surface area contributed by atoms with E-state index in [9.17, 15) is 0 Å². The summed E-state index contributed by atoms with van der Waals surface area (Å²) in [5.74, 6) is 0.528. The van der Waals surface area contributed by atoms with Crippen LogP contribution in [0.4, 0.5) is 0 Å². The minimum absolute atomic E-state index is 0.170. The third-order valence-electron chi connectivity index (χ3n) is 4.42. The van der Waals surface area contributed by atoms with Crippen molar-refractivity contribution in [2.24, 2.45) is 5.73 Å². The van der Waals surface area contributed by atoms with Gasteiger partial charge in [-0.25, -0.2) is 0 Å². The lowest BCUT2D eigenvalue weighted by Gasteiger charge is -2.25. The van der Waals surface area contributed by atoms with Crippen LogP contribution >= 0.6 is 11.3 Å². The first kappa shape index (κ1) is 19.3. The summed E-state index contributed by atoms with van der Waals surface area (Å²) in [5.41, 5.74) is 5.91. The molecule has 1 aliphatic heterocycles. The predicted octanol–water partition coefficient (Wildman–Crippen LogP) is 4.44. The largest absolute Gasteiger partial charge is 0.388 e. The summed E-state index contributed by atoms with van der Waals surface area (Å²) in [6, 6.07) is 4.52. The van der Waals surface area contributed by atoms with Gasteiger partial charge in [-0.1, -0.05) is 26.7 Å². The van der Waals surface area contributed by atoms with Crippen molar-refractivity contribution in [2.45, 2.75) is 58.9 Å². The van der Waals surface area contributed by atoms with Gasteiger partial charge in [0.15, 0.2) is 0 Å². The zero-order chi connectivity index (χ0) is 17.4. The van der Waals surface area contributed by atoms with E-state index >= 15 is 0 Å². The lowest BCUT2D eigenvalue weighted by Crippen LogP contribution is -2.31. The van der Waals surface area contributed by atoms with Gasteiger partial charge in [-0.15, -0.1) is 16.4 Å². The molecule has 0 radical (unpaired) electrons. The zero-order valence-electron chi connectivity index (χ0n) is 15.5. The highest BCUT2D eigenvalue weighted by Gasteiger charge is 2.28. The molecule has 0 aromatic carbocycles. The summed E-state index contributed by atoms with van der Waals surface area (Å²) < 4.78 is 0. The molecule has 1 atom stereocenters. The Morgan fingerprint density at radius 1 is 1.12 bits per heavy atom. The first-order chi connectivity index (χ1) is 11.6. The van der Waals surface area contributed by atoms with E-state index in [0.717, 1.165) is 19.5 Å². The molecule has 0 spiro atoms. The molecule has 5 heteroatoms. The van der Waals surface area contributed by atoms with Crippen LogP contribution in [0, 0.1) is 6.92 Å². The van der Waals surface area contributed by atoms with E-state index in [1.807, 2.05) is 22.5 Å². The van der Waals surface area contributed by atoms with Crippen molar-refractivity contribution in [3.8, 4) is 0 Å². The molecular weight excluding hydrogens is 318 g/mol. The molecule has 2 heterocycles. The maximum atomic E-state index is 5.91. The van der Waals surface area contributed by atoms with Gasteiger partial charge in [0.2, 0.25) is 5.88 Å². The van der Waals surface area contributed by atoms with Crippen molar-refractivity contribution in [1.29, 1.82) is 0 Å². The van der Waals surface area contributed by atoms with Crippen LogP contribution in [0.25, 0.3) is 0 Å². The van der Waals surface area contributed by atoms with Crippen LogP contribution in [-0.2, 0) is 4.84 Å². The monoisotopic (exact) mass is 351 g/mol. The van der Waals surface area contributed by atoms with Crippen molar-refractivity contribution in [3.05, 3.63) is 33.8 Å². The standard InChI is InChI=1S/C19H33N3OS/c1-4-6-11-21(12-7-5-2)13-8-14-22-17(15-19(20)23-22)18-10-9-16(3)24-18/h9-10,15,17H,4-8,11-14,20H2,1-3H3. The second-order valence-electron chi connectivity index (χ2n) is 6.60. The van der Waals surface area contributed by atoms with E-state index in [0.29, 0.717) is 5.88 Å². The second kappa shape index (κ2) is 10.1. The van der Waals surface area contributed by atoms with Crippen LogP contribution in [0.15, 0.2) is 24.1 Å². The number of nitrogens with two attached hydrogens (primary N) is 1. The average molecular weight is 352 g/mol. The highest BCUT2D eigenvalue weighted by atomic mass is 32.1. The summed E-state index contributed by atoms with van der Waals surface area (Å²) in [4.78, 5) is 11.0. The van der Waals surface area contributed by atoms with E-state index in [1.54, 1.807) is 0 Å². The van der Waals surface area contributed by atoms with Crippen molar-refractivity contribution < 1.29 is 4.84 Å². The summed E-state index contributed by atoms with van der Waals surface area (Å²) in [6.45, 7) is 11.1. The normalized spacial score (nSPS) is 18.2. The Kier molecular flexibility index (Phi) is 8.09. The fraction of sp³-hybridized carbons (Fsp3) is 0.684. The molecule has 0 saturated carbocycles. The second-order valence-corrected chi connectivity index (χ2v) is 7.92. The molecule has 1 aliphatic rings. The number of aryl methyl sites for hydroxylation is 1. The number of rotatable bonds is 11. The summed E-state index contributed by atoms with van der Waals surface area (Å²) >= 11 is 1.82. The van der Waals surface area contributed by atoms with E-state index in [-0.39, 0.29) is 6.04 Å². The number of unbranched alkanes of at least 4 members (excludes halogenated alkanes) is 2. The van der Waals surface area contributed by atoms with Crippen LogP contribution in [0.2, 0.25) is 0 Å². The smallest absolute Gasteiger partial charge is 0.207 e. The van der Waals surface area contributed by atoms with E-state index < -0.39 is 0 Å². The maximum Gasteiger partial charge on any atom is 0.207 e. The zero-order valence-corrected chi connectivity index (χ0v) is 16.3. The summed E-state index contributed by atoms with van der Waals surface area (Å²) in [6.07, 6.45) is 8.23. The molecule has 0 saturated heterocycles. The molecule has 136 valence electrons. The Balaban J connectivity index is 1.83. The number of hydrogen-bond acceptors (Lipinski definition) is 5. The van der Waals surface area contributed by atoms with Crippen molar-refractivity contribution in [2.75, 3.05) is 26.2 Å². The van der Waals surface area contributed by atoms with Crippen LogP contribution in [0.5, 0.6) is 0 Å². The van der Waals surface area contributed by atoms with Gasteiger partial charge >= 0.3 is 0 Å². The van der Waals surface area contributed by atoms with Gasteiger partial charge in [0.1, 0.15) is 6.04 Å². The number of hydrogen-bond donors (Lipinski definition) is 1. The van der Waals surface area contributed by atoms with Crippen molar-refractivity contribution >= 4 is 11.3 Å². The predicted molar refractivity (Wildman–Crippen MR) is 103 cm³/mol. The maximum absolute atomic E-state index is 5.91. The van der Waals surface area contributed by atoms with E-state index in [2.05, 4.69) is 37.8 Å². The number of thiophene rings is 1. The first-order valence-corrected chi connectivity index (χ1v) is 10.2. The summed E-state index contributed by atoms with van der Waals surface area (Å²) in [5, 5.41) is 2.04. The SMILES string of the molecule is CCCCN(CCCC)CCCN1OC(N)=CC1c1ccc(C)s1. The number of hydroxylamine groups is 2. The van der Waals surface area contributed by atoms with Crippen LogP contribution in [0.3, 0.4) is 0 Å². The fourth-order valence-electron chi connectivity index (χ4n) is 3.03. The molecule has 0 aliphatic carbocycles. The van der Waals surface area contributed by atoms with Gasteiger partial charge in [0.05, 0.1) is 0 Å². The van der Waals surface area contributed by atoms with Crippen LogP contribution in [-0.4, -0.2) is 36.1 Å². The first-order valence-electron chi connectivity index (χ1n) is 9.34. The molecule has 0 fully saturated rings. The number of nitrogens with zero attached hydrogens (tertiary/aromatic N) is 2. The molecule has 1 aromatic heterocycles. The lowest BCUT2D eigenvalue weighted by atomic mass is 10.2. The van der Waals surface area contributed by atoms with Gasteiger partial charge < -0.3 is 15.5 Å². The Morgan fingerprint density at radius 3 is 2.38 bits per heavy atom. The topological polar surface area (TPSA) is 41.7 Å². The van der Waals surface area contributed by atoms with Gasteiger partial charge in [0, 0.05) is 22.4 Å². The molecule has 0 bridgehead atoms. The highest BCUT2D eigenvalue weighted by molar-refractivity contribution is 7.12. The molecule has 2 N–H and O–H groups in total. The average Bonchev–Trinajstić information content (AvgIpc) is 3.15. The van der Waals surface area contributed by atoms with Gasteiger partial charge in [0.25, 0.3) is 0 Å². The highest BCUT2D eigenvalue weighted by Crippen LogP contribution is 2.33. The van der Waals surface area contributed by atoms with E-state index in [4.69, 9.17) is 10.6 Å². The quantitative estimate of drug-likeness (QED) is 0.640. The van der Waals surface area contributed by atoms with Crippen molar-refractivity contribution in [1.82, 2.24) is 9.96 Å². The molecule has 0 amide bonds. The minimum atomic E-state index is 0.170. The van der Waals surface area contributed by atoms with Crippen LogP contribution in [0.1, 0.15) is 61.7 Å². The van der Waals surface area contributed by atoms with Crippen LogP contribution < -0.4 is 5.73 Å². The van der Waals surface area contributed by atoms with Gasteiger partial charge in [-0.2, -0.15) is 0 Å². The third-order valence-corrected chi connectivity index (χ3v) is 5.49. The van der Waals surface area contributed by atoms with Crippen molar-refractivity contribution in [3.63, 3.8) is 0 Å².